The summed E-state index contributed by atoms with van der Waals surface area (Å²) in [6, 6.07) is 0. The van der Waals surface area contributed by atoms with Gasteiger partial charge in [-0.1, -0.05) is 13.3 Å². The predicted molar refractivity (Wildman–Crippen MR) is 42.2 cm³/mol. The Balaban J connectivity index is 2.53. The van der Waals surface area contributed by atoms with E-state index in [4.69, 9.17) is 11.6 Å². The van der Waals surface area contributed by atoms with E-state index in [1.807, 2.05) is 0 Å². The van der Waals surface area contributed by atoms with Crippen LogP contribution in [-0.2, 0) is 4.79 Å². The smallest absolute Gasteiger partial charge is 0.124 e. The van der Waals surface area contributed by atoms with Gasteiger partial charge in [-0.25, -0.2) is 0 Å². The molecule has 0 aromatic heterocycles. The van der Waals surface area contributed by atoms with Crippen LogP contribution < -0.4 is 0 Å². The van der Waals surface area contributed by atoms with Crippen LogP contribution in [0.15, 0.2) is 0 Å². The number of hydrogen-bond acceptors (Lipinski definition) is 1. The standard InChI is InChI=1S/C8H13ClO/c1-6-3-2-4-8(9)7(6)5-10/h5-8H,2-4H2,1H3. The van der Waals surface area contributed by atoms with E-state index < -0.39 is 0 Å². The molecule has 0 amide bonds. The Morgan fingerprint density at radius 3 is 2.60 bits per heavy atom. The highest BCUT2D eigenvalue weighted by Gasteiger charge is 2.28. The lowest BCUT2D eigenvalue weighted by Gasteiger charge is -2.28. The molecule has 0 heterocycles. The lowest BCUT2D eigenvalue weighted by molar-refractivity contribution is -0.113. The normalized spacial score (nSPS) is 41.2. The molecule has 0 saturated heterocycles. The molecule has 1 nitrogen and oxygen atoms in total. The molecule has 0 bridgehead atoms. The van der Waals surface area contributed by atoms with E-state index in [1.54, 1.807) is 0 Å². The van der Waals surface area contributed by atoms with Gasteiger partial charge in [0.15, 0.2) is 0 Å². The quantitative estimate of drug-likeness (QED) is 0.425. The van der Waals surface area contributed by atoms with Gasteiger partial charge in [-0.05, 0) is 18.8 Å². The van der Waals surface area contributed by atoms with E-state index in [1.165, 1.54) is 6.42 Å². The summed E-state index contributed by atoms with van der Waals surface area (Å²) in [5, 5.41) is 0.0984. The van der Waals surface area contributed by atoms with Gasteiger partial charge < -0.3 is 4.79 Å². The molecule has 3 unspecified atom stereocenters. The second kappa shape index (κ2) is 3.38. The highest BCUT2D eigenvalue weighted by Crippen LogP contribution is 2.31. The number of halogens is 1. The molecule has 10 heavy (non-hydrogen) atoms. The molecule has 0 aromatic rings. The number of hydrogen-bond donors (Lipinski definition) is 0. The maximum atomic E-state index is 10.5. The molecule has 0 aromatic carbocycles. The first kappa shape index (κ1) is 8.06. The third kappa shape index (κ3) is 1.51. The second-order valence-electron chi connectivity index (χ2n) is 3.14. The Morgan fingerprint density at radius 2 is 2.20 bits per heavy atom. The average Bonchev–Trinajstić information content (AvgIpc) is 1.88. The molecule has 3 atom stereocenters. The minimum Gasteiger partial charge on any atom is -0.303 e. The topological polar surface area (TPSA) is 17.1 Å². The van der Waals surface area contributed by atoms with Crippen LogP contribution in [0.2, 0.25) is 0 Å². The van der Waals surface area contributed by atoms with Crippen molar-refractivity contribution in [3.8, 4) is 0 Å². The summed E-state index contributed by atoms with van der Waals surface area (Å²) in [6.07, 6.45) is 4.36. The van der Waals surface area contributed by atoms with Crippen molar-refractivity contribution in [1.29, 1.82) is 0 Å². The molecule has 1 aliphatic rings. The Labute approximate surface area is 66.8 Å². The summed E-state index contributed by atoms with van der Waals surface area (Å²) in [7, 11) is 0. The first-order chi connectivity index (χ1) is 4.75. The molecule has 1 rings (SSSR count). The number of rotatable bonds is 1. The Kier molecular flexibility index (Phi) is 2.72. The van der Waals surface area contributed by atoms with Gasteiger partial charge in [-0.2, -0.15) is 0 Å². The van der Waals surface area contributed by atoms with Gasteiger partial charge >= 0.3 is 0 Å². The number of carbonyl (C=O) groups is 1. The molecule has 2 heteroatoms. The molecule has 1 aliphatic carbocycles. The lowest BCUT2D eigenvalue weighted by Crippen LogP contribution is -2.28. The van der Waals surface area contributed by atoms with Crippen LogP contribution in [0.5, 0.6) is 0 Å². The summed E-state index contributed by atoms with van der Waals surface area (Å²) in [6.45, 7) is 2.10. The van der Waals surface area contributed by atoms with Gasteiger partial charge in [0.1, 0.15) is 6.29 Å². The van der Waals surface area contributed by atoms with Crippen molar-refractivity contribution < 1.29 is 4.79 Å². The van der Waals surface area contributed by atoms with E-state index in [-0.39, 0.29) is 11.3 Å². The minimum atomic E-state index is 0.0984. The zero-order valence-electron chi connectivity index (χ0n) is 6.22. The maximum Gasteiger partial charge on any atom is 0.124 e. The highest BCUT2D eigenvalue weighted by molar-refractivity contribution is 6.21. The van der Waals surface area contributed by atoms with E-state index in [0.29, 0.717) is 5.92 Å². The van der Waals surface area contributed by atoms with Crippen LogP contribution >= 0.6 is 11.6 Å². The van der Waals surface area contributed by atoms with Gasteiger partial charge in [0.05, 0.1) is 0 Å². The number of aldehydes is 1. The molecule has 0 N–H and O–H groups in total. The summed E-state index contributed by atoms with van der Waals surface area (Å²) >= 11 is 5.95. The Morgan fingerprint density at radius 1 is 1.50 bits per heavy atom. The van der Waals surface area contributed by atoms with Crippen molar-refractivity contribution in [2.75, 3.05) is 0 Å². The minimum absolute atomic E-state index is 0.0984. The van der Waals surface area contributed by atoms with Gasteiger partial charge in [0.2, 0.25) is 0 Å². The van der Waals surface area contributed by atoms with E-state index in [0.717, 1.165) is 19.1 Å². The van der Waals surface area contributed by atoms with Crippen molar-refractivity contribution in [2.24, 2.45) is 11.8 Å². The summed E-state index contributed by atoms with van der Waals surface area (Å²) in [4.78, 5) is 10.5. The van der Waals surface area contributed by atoms with Gasteiger partial charge in [0, 0.05) is 11.3 Å². The van der Waals surface area contributed by atoms with Crippen molar-refractivity contribution in [2.45, 2.75) is 31.6 Å². The summed E-state index contributed by atoms with van der Waals surface area (Å²) in [5.74, 6) is 0.601. The molecular weight excluding hydrogens is 148 g/mol. The lowest BCUT2D eigenvalue weighted by atomic mass is 9.81. The van der Waals surface area contributed by atoms with Crippen molar-refractivity contribution >= 4 is 17.9 Å². The zero-order valence-corrected chi connectivity index (χ0v) is 6.97. The fraction of sp³-hybridized carbons (Fsp3) is 0.875. The molecule has 0 aliphatic heterocycles. The summed E-state index contributed by atoms with van der Waals surface area (Å²) < 4.78 is 0. The van der Waals surface area contributed by atoms with E-state index in [2.05, 4.69) is 6.92 Å². The summed E-state index contributed by atoms with van der Waals surface area (Å²) in [5.41, 5.74) is 0. The average molecular weight is 161 g/mol. The van der Waals surface area contributed by atoms with Gasteiger partial charge in [-0.3, -0.25) is 0 Å². The van der Waals surface area contributed by atoms with Gasteiger partial charge in [-0.15, -0.1) is 11.6 Å². The van der Waals surface area contributed by atoms with Crippen molar-refractivity contribution in [3.05, 3.63) is 0 Å². The Bertz CT molecular complexity index is 114. The third-order valence-corrected chi connectivity index (χ3v) is 2.88. The van der Waals surface area contributed by atoms with Crippen LogP contribution in [-0.4, -0.2) is 11.7 Å². The number of alkyl halides is 1. The fourth-order valence-corrected chi connectivity index (χ4v) is 2.06. The molecule has 1 fully saturated rings. The van der Waals surface area contributed by atoms with E-state index >= 15 is 0 Å². The number of carbonyl (C=O) groups excluding carboxylic acids is 1. The molecular formula is C8H13ClO. The monoisotopic (exact) mass is 160 g/mol. The van der Waals surface area contributed by atoms with Crippen LogP contribution in [0.25, 0.3) is 0 Å². The zero-order chi connectivity index (χ0) is 7.56. The Hall–Kier alpha value is -0.0400. The molecule has 0 radical (unpaired) electrons. The fourth-order valence-electron chi connectivity index (χ4n) is 1.60. The van der Waals surface area contributed by atoms with Gasteiger partial charge in [0.25, 0.3) is 0 Å². The molecule has 1 saturated carbocycles. The predicted octanol–water partition coefficient (Wildman–Crippen LogP) is 2.23. The van der Waals surface area contributed by atoms with E-state index in [9.17, 15) is 4.79 Å². The van der Waals surface area contributed by atoms with Crippen molar-refractivity contribution in [3.63, 3.8) is 0 Å². The van der Waals surface area contributed by atoms with Crippen LogP contribution in [0.1, 0.15) is 26.2 Å². The highest BCUT2D eigenvalue weighted by atomic mass is 35.5. The third-order valence-electron chi connectivity index (χ3n) is 2.37. The molecule has 58 valence electrons. The van der Waals surface area contributed by atoms with Crippen LogP contribution in [0.4, 0.5) is 0 Å². The second-order valence-corrected chi connectivity index (χ2v) is 3.70. The SMILES string of the molecule is CC1CCCC(Cl)C1C=O. The first-order valence-electron chi connectivity index (χ1n) is 3.85. The molecule has 0 spiro atoms. The first-order valence-corrected chi connectivity index (χ1v) is 4.28. The van der Waals surface area contributed by atoms with Crippen molar-refractivity contribution in [1.82, 2.24) is 0 Å². The van der Waals surface area contributed by atoms with Crippen LogP contribution in [0, 0.1) is 11.8 Å². The van der Waals surface area contributed by atoms with Crippen LogP contribution in [0.3, 0.4) is 0 Å². The largest absolute Gasteiger partial charge is 0.303 e. The maximum absolute atomic E-state index is 10.5.